The molecule has 2 aromatic carbocycles. The number of benzene rings is 2. The topological polar surface area (TPSA) is 79.2 Å². The fourth-order valence-electron chi connectivity index (χ4n) is 3.87. The molecule has 0 spiro atoms. The van der Waals surface area contributed by atoms with Crippen LogP contribution in [0.5, 0.6) is 23.0 Å². The largest absolute Gasteiger partial charge is 0.507 e. The van der Waals surface area contributed by atoms with Crippen LogP contribution in [0.25, 0.3) is 0 Å². The molecule has 0 saturated carbocycles. The zero-order chi connectivity index (χ0) is 21.0. The van der Waals surface area contributed by atoms with Crippen LogP contribution in [0.1, 0.15) is 47.7 Å². The van der Waals surface area contributed by atoms with Crippen molar-refractivity contribution in [1.29, 1.82) is 0 Å². The number of aromatic hydroxyl groups is 2. The molecule has 2 N–H and O–H groups in total. The molecule has 0 aromatic heterocycles. The summed E-state index contributed by atoms with van der Waals surface area (Å²) < 4.78 is 10.5. The Bertz CT molecular complexity index is 880. The van der Waals surface area contributed by atoms with Gasteiger partial charge in [0.2, 0.25) is 0 Å². The smallest absolute Gasteiger partial charge is 0.170 e. The first-order valence-corrected chi connectivity index (χ1v) is 9.96. The highest BCUT2D eigenvalue weighted by Crippen LogP contribution is 2.34. The molecule has 0 radical (unpaired) electrons. The molecule has 0 aliphatic carbocycles. The second-order valence-corrected chi connectivity index (χ2v) is 7.56. The third kappa shape index (κ3) is 4.65. The molecule has 1 atom stereocenters. The summed E-state index contributed by atoms with van der Waals surface area (Å²) in [6.07, 6.45) is 3.50. The van der Waals surface area contributed by atoms with Crippen molar-refractivity contribution < 1.29 is 24.5 Å². The van der Waals surface area contributed by atoms with Gasteiger partial charge in [-0.15, -0.1) is 0 Å². The minimum atomic E-state index is -0.220. The summed E-state index contributed by atoms with van der Waals surface area (Å²) in [4.78, 5) is 15.1. The second-order valence-electron chi connectivity index (χ2n) is 7.56. The molecule has 3 rings (SSSR count). The molecule has 1 heterocycles. The quantitative estimate of drug-likeness (QED) is 0.687. The third-order valence-corrected chi connectivity index (χ3v) is 5.67. The van der Waals surface area contributed by atoms with E-state index < -0.39 is 0 Å². The number of ketones is 1. The Morgan fingerprint density at radius 2 is 1.86 bits per heavy atom. The molecule has 156 valence electrons. The summed E-state index contributed by atoms with van der Waals surface area (Å²) in [6.45, 7) is 3.50. The molecule has 0 amide bonds. The minimum Gasteiger partial charge on any atom is -0.507 e. The summed E-state index contributed by atoms with van der Waals surface area (Å²) >= 11 is 0. The Kier molecular flexibility index (Phi) is 6.64. The maximum atomic E-state index is 12.9. The standard InChI is InChI=1S/C23H29NO5/c1-15-6-4-5-11-24(15)14-18-19(25)9-8-17(23(18)27)20(26)12-16-7-10-21(28-2)22(13-16)29-3/h7-10,13,15,25,27H,4-6,11-12,14H2,1-3H3/t15-/m0/s1. The first-order chi connectivity index (χ1) is 13.9. The number of methoxy groups -OCH3 is 2. The van der Waals surface area contributed by atoms with E-state index in [4.69, 9.17) is 9.47 Å². The molecule has 6 heteroatoms. The number of hydrogen-bond acceptors (Lipinski definition) is 6. The predicted octanol–water partition coefficient (Wildman–Crippen LogP) is 3.91. The van der Waals surface area contributed by atoms with Crippen LogP contribution in [-0.4, -0.2) is 47.7 Å². The van der Waals surface area contributed by atoms with Gasteiger partial charge >= 0.3 is 0 Å². The first kappa shape index (κ1) is 21.0. The average molecular weight is 399 g/mol. The van der Waals surface area contributed by atoms with Crippen molar-refractivity contribution in [2.24, 2.45) is 0 Å². The summed E-state index contributed by atoms with van der Waals surface area (Å²) in [6, 6.07) is 8.66. The van der Waals surface area contributed by atoms with Gasteiger partial charge in [0.25, 0.3) is 0 Å². The predicted molar refractivity (Wildman–Crippen MR) is 111 cm³/mol. The van der Waals surface area contributed by atoms with E-state index >= 15 is 0 Å². The number of rotatable bonds is 7. The van der Waals surface area contributed by atoms with Gasteiger partial charge in [-0.25, -0.2) is 0 Å². The monoisotopic (exact) mass is 399 g/mol. The molecular weight excluding hydrogens is 370 g/mol. The zero-order valence-electron chi connectivity index (χ0n) is 17.3. The van der Waals surface area contributed by atoms with Gasteiger partial charge in [0, 0.05) is 19.0 Å². The number of phenols is 2. The molecule has 1 aliphatic heterocycles. The van der Waals surface area contributed by atoms with Gasteiger partial charge in [-0.3, -0.25) is 9.69 Å². The van der Waals surface area contributed by atoms with Crippen molar-refractivity contribution in [1.82, 2.24) is 4.90 Å². The third-order valence-electron chi connectivity index (χ3n) is 5.67. The maximum Gasteiger partial charge on any atom is 0.170 e. The van der Waals surface area contributed by atoms with Crippen molar-refractivity contribution >= 4 is 5.78 Å². The highest BCUT2D eigenvalue weighted by Gasteiger charge is 2.24. The number of ether oxygens (including phenoxy) is 2. The Morgan fingerprint density at radius 1 is 1.10 bits per heavy atom. The van der Waals surface area contributed by atoms with Crippen LogP contribution in [0, 0.1) is 0 Å². The Labute approximate surface area is 171 Å². The lowest BCUT2D eigenvalue weighted by atomic mass is 9.97. The molecule has 2 aromatic rings. The van der Waals surface area contributed by atoms with E-state index in [1.165, 1.54) is 18.6 Å². The van der Waals surface area contributed by atoms with E-state index in [1.807, 2.05) is 0 Å². The van der Waals surface area contributed by atoms with Gasteiger partial charge in [0.15, 0.2) is 17.3 Å². The highest BCUT2D eigenvalue weighted by atomic mass is 16.5. The lowest BCUT2D eigenvalue weighted by Crippen LogP contribution is -2.36. The van der Waals surface area contributed by atoms with Gasteiger partial charge in [-0.05, 0) is 56.1 Å². The Morgan fingerprint density at radius 3 is 2.55 bits per heavy atom. The lowest BCUT2D eigenvalue weighted by molar-refractivity contribution is 0.0989. The van der Waals surface area contributed by atoms with E-state index in [0.717, 1.165) is 24.9 Å². The number of piperidine rings is 1. The van der Waals surface area contributed by atoms with E-state index in [-0.39, 0.29) is 29.3 Å². The first-order valence-electron chi connectivity index (χ1n) is 9.96. The Balaban J connectivity index is 1.82. The lowest BCUT2D eigenvalue weighted by Gasteiger charge is -2.33. The van der Waals surface area contributed by atoms with E-state index in [0.29, 0.717) is 29.6 Å². The summed E-state index contributed by atoms with van der Waals surface area (Å²) in [5.41, 5.74) is 1.39. The molecule has 1 aliphatic rings. The fraction of sp³-hybridized carbons (Fsp3) is 0.435. The number of Topliss-reactive ketones (excluding diaryl/α,β-unsaturated/α-hetero) is 1. The molecule has 0 unspecified atom stereocenters. The molecular formula is C23H29NO5. The molecule has 0 bridgehead atoms. The van der Waals surface area contributed by atoms with Crippen molar-refractivity contribution in [3.63, 3.8) is 0 Å². The van der Waals surface area contributed by atoms with Crippen molar-refractivity contribution in [3.8, 4) is 23.0 Å². The number of carbonyl (C=O) groups is 1. The van der Waals surface area contributed by atoms with E-state index in [9.17, 15) is 15.0 Å². The number of likely N-dealkylation sites (tertiary alicyclic amines) is 1. The van der Waals surface area contributed by atoms with Crippen LogP contribution in [-0.2, 0) is 13.0 Å². The minimum absolute atomic E-state index is 0.0166. The molecule has 6 nitrogen and oxygen atoms in total. The van der Waals surface area contributed by atoms with Crippen LogP contribution >= 0.6 is 0 Å². The highest BCUT2D eigenvalue weighted by molar-refractivity contribution is 6.00. The fourth-order valence-corrected chi connectivity index (χ4v) is 3.87. The number of hydrogen-bond donors (Lipinski definition) is 2. The molecule has 1 fully saturated rings. The van der Waals surface area contributed by atoms with Gasteiger partial charge in [-0.2, -0.15) is 0 Å². The van der Waals surface area contributed by atoms with Crippen LogP contribution in [0.2, 0.25) is 0 Å². The van der Waals surface area contributed by atoms with Gasteiger partial charge < -0.3 is 19.7 Å². The Hall–Kier alpha value is -2.73. The summed E-state index contributed by atoms with van der Waals surface area (Å²) in [5, 5.41) is 21.1. The van der Waals surface area contributed by atoms with Crippen LogP contribution < -0.4 is 9.47 Å². The van der Waals surface area contributed by atoms with Crippen LogP contribution in [0.3, 0.4) is 0 Å². The van der Waals surface area contributed by atoms with Gasteiger partial charge in [0.05, 0.1) is 25.3 Å². The van der Waals surface area contributed by atoms with Crippen LogP contribution in [0.4, 0.5) is 0 Å². The van der Waals surface area contributed by atoms with Crippen LogP contribution in [0.15, 0.2) is 30.3 Å². The van der Waals surface area contributed by atoms with E-state index in [1.54, 1.807) is 32.4 Å². The summed E-state index contributed by atoms with van der Waals surface area (Å²) in [5.74, 6) is 0.806. The van der Waals surface area contributed by atoms with Crippen molar-refractivity contribution in [2.75, 3.05) is 20.8 Å². The zero-order valence-corrected chi connectivity index (χ0v) is 17.3. The van der Waals surface area contributed by atoms with Gasteiger partial charge in [-0.1, -0.05) is 12.5 Å². The number of phenolic OH excluding ortho intramolecular Hbond substituents is 2. The number of carbonyl (C=O) groups excluding carboxylic acids is 1. The molecule has 1 saturated heterocycles. The second kappa shape index (κ2) is 9.18. The normalized spacial score (nSPS) is 17.1. The summed E-state index contributed by atoms with van der Waals surface area (Å²) in [7, 11) is 3.10. The van der Waals surface area contributed by atoms with E-state index in [2.05, 4.69) is 11.8 Å². The maximum absolute atomic E-state index is 12.9. The van der Waals surface area contributed by atoms with Crippen molar-refractivity contribution in [3.05, 3.63) is 47.0 Å². The number of nitrogens with zero attached hydrogens (tertiary/aromatic N) is 1. The van der Waals surface area contributed by atoms with Crippen molar-refractivity contribution in [2.45, 2.75) is 45.2 Å². The average Bonchev–Trinajstić information content (AvgIpc) is 2.72. The molecule has 29 heavy (non-hydrogen) atoms. The van der Waals surface area contributed by atoms with Gasteiger partial charge in [0.1, 0.15) is 11.5 Å². The SMILES string of the molecule is COc1ccc(CC(=O)c2ccc(O)c(CN3CCCC[C@@H]3C)c2O)cc1OC.